The fraction of sp³-hybridized carbons (Fsp3) is 1.00. The second kappa shape index (κ2) is 2.78. The van der Waals surface area contributed by atoms with E-state index in [2.05, 4.69) is 34.6 Å². The Labute approximate surface area is 71.0 Å². The van der Waals surface area contributed by atoms with Crippen LogP contribution in [0, 0.1) is 5.92 Å². The summed E-state index contributed by atoms with van der Waals surface area (Å²) in [7, 11) is 0. The van der Waals surface area contributed by atoms with Crippen molar-refractivity contribution in [1.29, 1.82) is 0 Å². The first-order chi connectivity index (χ1) is 5.04. The van der Waals surface area contributed by atoms with E-state index in [1.54, 1.807) is 0 Å². The molecular formula is C10H22N+. The van der Waals surface area contributed by atoms with Gasteiger partial charge >= 0.3 is 0 Å². The van der Waals surface area contributed by atoms with Crippen molar-refractivity contribution in [3.05, 3.63) is 0 Å². The quantitative estimate of drug-likeness (QED) is 0.434. The molecule has 1 heteroatoms. The Morgan fingerprint density at radius 2 is 1.82 bits per heavy atom. The number of rotatable bonds is 3. The fourth-order valence-electron chi connectivity index (χ4n) is 2.33. The minimum Gasteiger partial charge on any atom is -0.310 e. The zero-order valence-corrected chi connectivity index (χ0v) is 8.59. The molecule has 0 aromatic carbocycles. The largest absolute Gasteiger partial charge is 0.310 e. The summed E-state index contributed by atoms with van der Waals surface area (Å²) in [5.41, 5.74) is 0. The van der Waals surface area contributed by atoms with Crippen LogP contribution in [-0.2, 0) is 0 Å². The molecule has 11 heavy (non-hydrogen) atoms. The van der Waals surface area contributed by atoms with E-state index >= 15 is 0 Å². The van der Waals surface area contributed by atoms with Crippen molar-refractivity contribution in [2.45, 2.75) is 46.7 Å². The van der Waals surface area contributed by atoms with Gasteiger partial charge in [0.15, 0.2) is 0 Å². The van der Waals surface area contributed by atoms with Crippen LogP contribution in [0.3, 0.4) is 0 Å². The van der Waals surface area contributed by atoms with E-state index in [-0.39, 0.29) is 0 Å². The highest BCUT2D eigenvalue weighted by atomic mass is 15.5. The summed E-state index contributed by atoms with van der Waals surface area (Å²) in [6.07, 6.45) is 0. The molecule has 1 rings (SSSR count). The second-order valence-electron chi connectivity index (χ2n) is 4.44. The molecule has 1 saturated heterocycles. The molecule has 0 aromatic heterocycles. The van der Waals surface area contributed by atoms with Gasteiger partial charge in [-0.15, -0.1) is 0 Å². The normalized spacial score (nSPS) is 39.3. The molecule has 1 aliphatic rings. The average Bonchev–Trinajstić information content (AvgIpc) is 2.61. The van der Waals surface area contributed by atoms with Crippen LogP contribution in [-0.4, -0.2) is 29.7 Å². The molecular weight excluding hydrogens is 134 g/mol. The van der Waals surface area contributed by atoms with Gasteiger partial charge in [0.1, 0.15) is 12.6 Å². The first kappa shape index (κ1) is 9.05. The molecule has 0 N–H and O–H groups in total. The smallest absolute Gasteiger partial charge is 0.136 e. The van der Waals surface area contributed by atoms with Crippen molar-refractivity contribution in [1.82, 2.24) is 0 Å². The maximum atomic E-state index is 2.40. The Morgan fingerprint density at radius 3 is 1.91 bits per heavy atom. The van der Waals surface area contributed by atoms with Gasteiger partial charge in [-0.3, -0.25) is 0 Å². The topological polar surface area (TPSA) is 0 Å². The Balaban J connectivity index is 2.58. The van der Waals surface area contributed by atoms with E-state index in [4.69, 9.17) is 0 Å². The first-order valence-electron chi connectivity index (χ1n) is 4.91. The van der Waals surface area contributed by atoms with Crippen molar-refractivity contribution in [3.8, 4) is 0 Å². The molecule has 3 unspecified atom stereocenters. The molecule has 1 aliphatic heterocycles. The zero-order chi connectivity index (χ0) is 8.65. The molecule has 1 fully saturated rings. The van der Waals surface area contributed by atoms with Crippen LogP contribution in [0.15, 0.2) is 0 Å². The molecule has 1 heterocycles. The number of likely N-dealkylation sites (N-methyl/N-ethyl adjacent to an activating group) is 1. The number of hydrogen-bond donors (Lipinski definition) is 0. The van der Waals surface area contributed by atoms with Crippen molar-refractivity contribution < 1.29 is 4.48 Å². The van der Waals surface area contributed by atoms with Gasteiger partial charge in [0.25, 0.3) is 0 Å². The average molecular weight is 156 g/mol. The maximum absolute atomic E-state index is 2.40. The molecule has 0 amide bonds. The van der Waals surface area contributed by atoms with E-state index < -0.39 is 0 Å². The monoisotopic (exact) mass is 156 g/mol. The Hall–Kier alpha value is -0.0400. The van der Waals surface area contributed by atoms with Crippen LogP contribution < -0.4 is 0 Å². The molecule has 3 atom stereocenters. The van der Waals surface area contributed by atoms with Gasteiger partial charge in [0.2, 0.25) is 0 Å². The highest BCUT2D eigenvalue weighted by Gasteiger charge is 2.54. The third-order valence-electron chi connectivity index (χ3n) is 3.71. The Morgan fingerprint density at radius 1 is 1.36 bits per heavy atom. The van der Waals surface area contributed by atoms with Gasteiger partial charge in [-0.2, -0.15) is 0 Å². The number of quaternary nitrogens is 1. The van der Waals surface area contributed by atoms with Crippen LogP contribution in [0.25, 0.3) is 0 Å². The lowest BCUT2D eigenvalue weighted by atomic mass is 10.0. The van der Waals surface area contributed by atoms with Gasteiger partial charge in [-0.05, 0) is 20.8 Å². The van der Waals surface area contributed by atoms with Crippen LogP contribution in [0.2, 0.25) is 0 Å². The predicted octanol–water partition coefficient (Wildman–Crippen LogP) is 2.27. The van der Waals surface area contributed by atoms with Crippen LogP contribution >= 0.6 is 0 Å². The van der Waals surface area contributed by atoms with E-state index in [0.717, 1.165) is 18.0 Å². The summed E-state index contributed by atoms with van der Waals surface area (Å²) >= 11 is 0. The Kier molecular flexibility index (Phi) is 2.29. The van der Waals surface area contributed by atoms with E-state index in [1.807, 2.05) is 0 Å². The van der Waals surface area contributed by atoms with Gasteiger partial charge in [-0.25, -0.2) is 0 Å². The molecule has 0 radical (unpaired) electrons. The van der Waals surface area contributed by atoms with Gasteiger partial charge < -0.3 is 4.48 Å². The van der Waals surface area contributed by atoms with Crippen LogP contribution in [0.4, 0.5) is 0 Å². The van der Waals surface area contributed by atoms with Crippen molar-refractivity contribution >= 4 is 0 Å². The van der Waals surface area contributed by atoms with Crippen molar-refractivity contribution in [2.24, 2.45) is 5.92 Å². The zero-order valence-electron chi connectivity index (χ0n) is 8.59. The van der Waals surface area contributed by atoms with Crippen LogP contribution in [0.1, 0.15) is 34.6 Å². The predicted molar refractivity (Wildman–Crippen MR) is 49.4 cm³/mol. The molecule has 1 nitrogen and oxygen atoms in total. The van der Waals surface area contributed by atoms with Gasteiger partial charge in [0, 0.05) is 5.92 Å². The molecule has 0 saturated carbocycles. The lowest BCUT2D eigenvalue weighted by Crippen LogP contribution is -2.40. The third kappa shape index (κ3) is 1.31. The highest BCUT2D eigenvalue weighted by Crippen LogP contribution is 2.36. The Bertz CT molecular complexity index is 138. The summed E-state index contributed by atoms with van der Waals surface area (Å²) in [6.45, 7) is 14.5. The standard InChI is InChI=1S/C10H22N/c1-6-11(7-9(11)4)10(5)8(2)3/h8-10H,6-7H2,1-5H3/q+1. The van der Waals surface area contributed by atoms with Crippen molar-refractivity contribution in [2.75, 3.05) is 13.1 Å². The summed E-state index contributed by atoms with van der Waals surface area (Å²) in [6, 6.07) is 1.78. The SMILES string of the molecule is CC[N+]1(C(C)C(C)C)CC1C. The summed E-state index contributed by atoms with van der Waals surface area (Å²) in [5.74, 6) is 0.833. The lowest BCUT2D eigenvalue weighted by Gasteiger charge is -2.28. The van der Waals surface area contributed by atoms with Gasteiger partial charge in [0.05, 0.1) is 12.6 Å². The third-order valence-corrected chi connectivity index (χ3v) is 3.71. The van der Waals surface area contributed by atoms with Crippen LogP contribution in [0.5, 0.6) is 0 Å². The summed E-state index contributed by atoms with van der Waals surface area (Å²) in [4.78, 5) is 0. The molecule has 0 bridgehead atoms. The number of hydrogen-bond acceptors (Lipinski definition) is 0. The van der Waals surface area contributed by atoms with Gasteiger partial charge in [-0.1, -0.05) is 13.8 Å². The summed E-state index contributed by atoms with van der Waals surface area (Å²) in [5, 5.41) is 0. The van der Waals surface area contributed by atoms with Crippen molar-refractivity contribution in [3.63, 3.8) is 0 Å². The molecule has 0 aromatic rings. The van der Waals surface area contributed by atoms with E-state index in [1.165, 1.54) is 17.6 Å². The van der Waals surface area contributed by atoms with E-state index in [0.29, 0.717) is 0 Å². The fourth-order valence-corrected chi connectivity index (χ4v) is 2.33. The van der Waals surface area contributed by atoms with E-state index in [9.17, 15) is 0 Å². The molecule has 66 valence electrons. The maximum Gasteiger partial charge on any atom is 0.136 e. The molecule has 0 aliphatic carbocycles. The lowest BCUT2D eigenvalue weighted by molar-refractivity contribution is -0.840. The number of nitrogens with zero attached hydrogens (tertiary/aromatic N) is 1. The highest BCUT2D eigenvalue weighted by molar-refractivity contribution is 4.74. The summed E-state index contributed by atoms with van der Waals surface area (Å²) < 4.78 is 1.37. The minimum absolute atomic E-state index is 0.833. The molecule has 0 spiro atoms. The first-order valence-corrected chi connectivity index (χ1v) is 4.91. The minimum atomic E-state index is 0.833. The second-order valence-corrected chi connectivity index (χ2v) is 4.44.